The first-order valence-electron chi connectivity index (χ1n) is 12.2. The van der Waals surface area contributed by atoms with Crippen LogP contribution in [0.1, 0.15) is 30.3 Å². The van der Waals surface area contributed by atoms with Crippen molar-refractivity contribution in [1.29, 1.82) is 0 Å². The highest BCUT2D eigenvalue weighted by Gasteiger charge is 2.46. The number of hydrogen-bond acceptors (Lipinski definition) is 8. The second-order valence-electron chi connectivity index (χ2n) is 9.41. The van der Waals surface area contributed by atoms with Crippen molar-refractivity contribution in [2.24, 2.45) is 0 Å². The Morgan fingerprint density at radius 3 is 2.97 bits per heavy atom. The van der Waals surface area contributed by atoms with Gasteiger partial charge in [0.25, 0.3) is 0 Å². The first-order chi connectivity index (χ1) is 17.6. The number of hydrogen-bond donors (Lipinski definition) is 1. The molecule has 3 aliphatic heterocycles. The summed E-state index contributed by atoms with van der Waals surface area (Å²) in [6.45, 7) is 3.43. The predicted octanol–water partition coefficient (Wildman–Crippen LogP) is 2.87. The first-order valence-corrected chi connectivity index (χ1v) is 13.0. The van der Waals surface area contributed by atoms with Gasteiger partial charge in [0.05, 0.1) is 39.5 Å². The number of halogens is 1. The van der Waals surface area contributed by atoms with E-state index in [1.807, 2.05) is 33.7 Å². The molecule has 11 heteroatoms. The number of aromatic nitrogens is 3. The molecule has 2 aromatic heterocycles. The SMILES string of the molecule is COc1ccc(CNc2nccn3c([C@H]4CN5C(=O)[C@@H]6CCCN6C[C@@H]5CO4)nc(Br)c23)c(OC)c1. The van der Waals surface area contributed by atoms with Gasteiger partial charge in [0.15, 0.2) is 5.82 Å². The maximum Gasteiger partial charge on any atom is 0.240 e. The normalized spacial score (nSPS) is 24.0. The van der Waals surface area contributed by atoms with Crippen molar-refractivity contribution in [3.8, 4) is 11.5 Å². The quantitative estimate of drug-likeness (QED) is 0.495. The van der Waals surface area contributed by atoms with Gasteiger partial charge in [0.1, 0.15) is 33.5 Å². The highest BCUT2D eigenvalue weighted by Crippen LogP contribution is 2.35. The molecule has 0 saturated carbocycles. The van der Waals surface area contributed by atoms with Crippen molar-refractivity contribution >= 4 is 33.2 Å². The highest BCUT2D eigenvalue weighted by atomic mass is 79.9. The van der Waals surface area contributed by atoms with Crippen molar-refractivity contribution in [1.82, 2.24) is 24.2 Å². The number of fused-ring (bicyclic) bond motifs is 3. The number of nitrogens with one attached hydrogen (secondary N) is 1. The van der Waals surface area contributed by atoms with Crippen LogP contribution in [-0.2, 0) is 16.1 Å². The molecule has 3 aromatic rings. The van der Waals surface area contributed by atoms with Gasteiger partial charge in [-0.1, -0.05) is 0 Å². The van der Waals surface area contributed by atoms with Crippen molar-refractivity contribution < 1.29 is 19.0 Å². The molecule has 3 aliphatic rings. The minimum atomic E-state index is -0.311. The fraction of sp³-hybridized carbons (Fsp3) is 0.480. The van der Waals surface area contributed by atoms with E-state index in [0.717, 1.165) is 54.3 Å². The van der Waals surface area contributed by atoms with Crippen LogP contribution in [0.15, 0.2) is 35.2 Å². The molecule has 10 nitrogen and oxygen atoms in total. The van der Waals surface area contributed by atoms with E-state index >= 15 is 0 Å². The minimum absolute atomic E-state index is 0.0266. The fourth-order valence-electron chi connectivity index (χ4n) is 5.61. The van der Waals surface area contributed by atoms with E-state index in [9.17, 15) is 4.79 Å². The summed E-state index contributed by atoms with van der Waals surface area (Å²) in [4.78, 5) is 26.9. The molecular weight excluding hydrogens is 528 g/mol. The third kappa shape index (κ3) is 3.99. The largest absolute Gasteiger partial charge is 0.497 e. The summed E-state index contributed by atoms with van der Waals surface area (Å²) < 4.78 is 19.8. The molecule has 1 aromatic carbocycles. The topological polar surface area (TPSA) is 93.5 Å². The molecule has 3 saturated heterocycles. The van der Waals surface area contributed by atoms with Gasteiger partial charge >= 0.3 is 0 Å². The Kier molecular flexibility index (Phi) is 6.22. The molecule has 5 heterocycles. The zero-order valence-corrected chi connectivity index (χ0v) is 21.9. The highest BCUT2D eigenvalue weighted by molar-refractivity contribution is 9.10. The number of carbonyl (C=O) groups is 1. The van der Waals surface area contributed by atoms with Crippen LogP contribution in [0.3, 0.4) is 0 Å². The van der Waals surface area contributed by atoms with Crippen LogP contribution in [0.25, 0.3) is 5.52 Å². The van der Waals surface area contributed by atoms with Crippen LogP contribution in [0.2, 0.25) is 0 Å². The van der Waals surface area contributed by atoms with Crippen LogP contribution in [0.4, 0.5) is 5.82 Å². The van der Waals surface area contributed by atoms with Gasteiger partial charge in [-0.05, 0) is 47.4 Å². The minimum Gasteiger partial charge on any atom is -0.497 e. The smallest absolute Gasteiger partial charge is 0.240 e. The van der Waals surface area contributed by atoms with Gasteiger partial charge in [0.2, 0.25) is 5.91 Å². The van der Waals surface area contributed by atoms with Gasteiger partial charge < -0.3 is 24.4 Å². The molecule has 1 amide bonds. The van der Waals surface area contributed by atoms with Crippen LogP contribution in [0, 0.1) is 0 Å². The Morgan fingerprint density at radius 1 is 1.25 bits per heavy atom. The van der Waals surface area contributed by atoms with Crippen LogP contribution < -0.4 is 14.8 Å². The molecular formula is C25H29BrN6O4. The molecule has 36 heavy (non-hydrogen) atoms. The molecule has 190 valence electrons. The molecule has 6 rings (SSSR count). The molecule has 3 atom stereocenters. The molecule has 0 aliphatic carbocycles. The Hall–Kier alpha value is -2.89. The van der Waals surface area contributed by atoms with E-state index in [1.165, 1.54) is 0 Å². The summed E-state index contributed by atoms with van der Waals surface area (Å²) in [6.07, 6.45) is 5.35. The summed E-state index contributed by atoms with van der Waals surface area (Å²) in [5.41, 5.74) is 1.79. The zero-order chi connectivity index (χ0) is 24.8. The number of ether oxygens (including phenoxy) is 3. The number of morpholine rings is 1. The summed E-state index contributed by atoms with van der Waals surface area (Å²) in [7, 11) is 3.27. The van der Waals surface area contributed by atoms with Crippen molar-refractivity contribution in [2.45, 2.75) is 37.6 Å². The number of methoxy groups -OCH3 is 2. The molecule has 0 radical (unpaired) electrons. The Morgan fingerprint density at radius 2 is 2.14 bits per heavy atom. The standard InChI is InChI=1S/C25H29BrN6O4/c1-34-17-6-5-15(19(10-17)35-2)11-28-23-21-22(26)29-24(31(21)9-7-27-23)20-13-32-16(14-36-20)12-30-8-3-4-18(30)25(32)33/h5-7,9-10,16,18,20H,3-4,8,11-14H2,1-2H3,(H,27,28)/t16-,18+,20-/m1/s1. The van der Waals surface area contributed by atoms with E-state index in [-0.39, 0.29) is 24.1 Å². The van der Waals surface area contributed by atoms with Crippen LogP contribution >= 0.6 is 15.9 Å². The number of anilines is 1. The van der Waals surface area contributed by atoms with E-state index < -0.39 is 0 Å². The van der Waals surface area contributed by atoms with Gasteiger partial charge in [-0.15, -0.1) is 0 Å². The van der Waals surface area contributed by atoms with E-state index in [0.29, 0.717) is 30.1 Å². The van der Waals surface area contributed by atoms with Crippen LogP contribution in [-0.4, -0.2) is 82.6 Å². The van der Waals surface area contributed by atoms with E-state index in [1.54, 1.807) is 20.4 Å². The molecule has 0 spiro atoms. The molecule has 3 fully saturated rings. The summed E-state index contributed by atoms with van der Waals surface area (Å²) in [6, 6.07) is 5.86. The van der Waals surface area contributed by atoms with Gasteiger partial charge in [0, 0.05) is 37.1 Å². The zero-order valence-electron chi connectivity index (χ0n) is 20.3. The lowest BCUT2D eigenvalue weighted by Crippen LogP contribution is -2.63. The van der Waals surface area contributed by atoms with Crippen molar-refractivity contribution in [3.63, 3.8) is 0 Å². The lowest BCUT2D eigenvalue weighted by molar-refractivity contribution is -0.160. The number of imidazole rings is 1. The van der Waals surface area contributed by atoms with E-state index in [2.05, 4.69) is 31.1 Å². The lowest BCUT2D eigenvalue weighted by atomic mass is 10.0. The Labute approximate surface area is 217 Å². The average molecular weight is 557 g/mol. The average Bonchev–Trinajstić information content (AvgIpc) is 3.52. The number of benzene rings is 1. The third-order valence-corrected chi connectivity index (χ3v) is 7.99. The number of amides is 1. The van der Waals surface area contributed by atoms with E-state index in [4.69, 9.17) is 19.2 Å². The Bertz CT molecular complexity index is 1300. The number of carbonyl (C=O) groups excluding carboxylic acids is 1. The fourth-order valence-corrected chi connectivity index (χ4v) is 6.17. The van der Waals surface area contributed by atoms with Crippen molar-refractivity contribution in [2.75, 3.05) is 45.8 Å². The molecule has 0 bridgehead atoms. The number of piperazine rings is 1. The summed E-state index contributed by atoms with van der Waals surface area (Å²) in [5.74, 6) is 3.14. The molecule has 0 unspecified atom stereocenters. The predicted molar refractivity (Wildman–Crippen MR) is 136 cm³/mol. The summed E-state index contributed by atoms with van der Waals surface area (Å²) >= 11 is 3.63. The monoisotopic (exact) mass is 556 g/mol. The first kappa shape index (κ1) is 23.5. The van der Waals surface area contributed by atoms with Gasteiger partial charge in [-0.2, -0.15) is 0 Å². The summed E-state index contributed by atoms with van der Waals surface area (Å²) in [5, 5.41) is 3.42. The second-order valence-corrected chi connectivity index (χ2v) is 10.2. The van der Waals surface area contributed by atoms with Gasteiger partial charge in [-0.25, -0.2) is 9.97 Å². The maximum atomic E-state index is 13.2. The number of rotatable bonds is 6. The maximum absolute atomic E-state index is 13.2. The Balaban J connectivity index is 1.25. The molecule has 1 N–H and O–H groups in total. The lowest BCUT2D eigenvalue weighted by Gasteiger charge is -2.47. The van der Waals surface area contributed by atoms with Crippen molar-refractivity contribution in [3.05, 3.63) is 46.6 Å². The van der Waals surface area contributed by atoms with Gasteiger partial charge in [-0.3, -0.25) is 14.1 Å². The second kappa shape index (κ2) is 9.53. The number of nitrogens with zero attached hydrogens (tertiary/aromatic N) is 5. The van der Waals surface area contributed by atoms with Crippen LogP contribution in [0.5, 0.6) is 11.5 Å². The third-order valence-electron chi connectivity index (χ3n) is 7.44.